The van der Waals surface area contributed by atoms with Gasteiger partial charge in [0, 0.05) is 33.7 Å². The minimum absolute atomic E-state index is 0.00239. The Labute approximate surface area is 141 Å². The molecule has 0 radical (unpaired) electrons. The van der Waals surface area contributed by atoms with Gasteiger partial charge in [-0.3, -0.25) is 0 Å². The van der Waals surface area contributed by atoms with Gasteiger partial charge in [0.25, 0.3) is 0 Å². The molecular weight excluding hydrogens is 316 g/mol. The van der Waals surface area contributed by atoms with E-state index in [2.05, 4.69) is 10.3 Å². The lowest BCUT2D eigenvalue weighted by Crippen LogP contribution is -2.49. The molecule has 23 heavy (non-hydrogen) atoms. The SMILES string of the molecule is COc1nc(N(C)C)sc1C1CN(C(=O)OC(C)(C)C)CCN1. The third-order valence-corrected chi connectivity index (χ3v) is 4.65. The van der Waals surface area contributed by atoms with Crippen LogP contribution in [0.25, 0.3) is 0 Å². The minimum atomic E-state index is -0.488. The average molecular weight is 342 g/mol. The number of carbonyl (C=O) groups is 1. The van der Waals surface area contributed by atoms with Crippen molar-refractivity contribution >= 4 is 22.6 Å². The Morgan fingerprint density at radius 3 is 2.70 bits per heavy atom. The second-order valence-corrected chi connectivity index (χ2v) is 7.71. The number of methoxy groups -OCH3 is 1. The van der Waals surface area contributed by atoms with Crippen LogP contribution in [0.3, 0.4) is 0 Å². The molecule has 1 aromatic rings. The van der Waals surface area contributed by atoms with Crippen molar-refractivity contribution in [2.45, 2.75) is 32.4 Å². The van der Waals surface area contributed by atoms with Gasteiger partial charge in [-0.1, -0.05) is 11.3 Å². The minimum Gasteiger partial charge on any atom is -0.480 e. The second kappa shape index (κ2) is 6.92. The van der Waals surface area contributed by atoms with E-state index in [-0.39, 0.29) is 12.1 Å². The first kappa shape index (κ1) is 17.8. The number of nitrogens with zero attached hydrogens (tertiary/aromatic N) is 3. The molecular formula is C15H26N4O3S. The van der Waals surface area contributed by atoms with Crippen LogP contribution in [0.4, 0.5) is 9.93 Å². The summed E-state index contributed by atoms with van der Waals surface area (Å²) < 4.78 is 10.9. The molecule has 1 aromatic heterocycles. The van der Waals surface area contributed by atoms with Crippen LogP contribution in [0.5, 0.6) is 5.88 Å². The quantitative estimate of drug-likeness (QED) is 0.907. The zero-order valence-corrected chi connectivity index (χ0v) is 15.5. The fraction of sp³-hybridized carbons (Fsp3) is 0.733. The van der Waals surface area contributed by atoms with Crippen LogP contribution in [0, 0.1) is 0 Å². The van der Waals surface area contributed by atoms with E-state index >= 15 is 0 Å². The number of aromatic nitrogens is 1. The molecule has 0 aliphatic carbocycles. The zero-order chi connectivity index (χ0) is 17.2. The van der Waals surface area contributed by atoms with Crippen molar-refractivity contribution in [2.75, 3.05) is 45.7 Å². The molecule has 1 amide bonds. The highest BCUT2D eigenvalue weighted by Crippen LogP contribution is 2.36. The van der Waals surface area contributed by atoms with Crippen LogP contribution in [-0.4, -0.2) is 62.4 Å². The van der Waals surface area contributed by atoms with Gasteiger partial charge in [-0.25, -0.2) is 4.79 Å². The van der Waals surface area contributed by atoms with Gasteiger partial charge < -0.3 is 24.6 Å². The number of anilines is 1. The fourth-order valence-electron chi connectivity index (χ4n) is 2.28. The Morgan fingerprint density at radius 1 is 1.43 bits per heavy atom. The van der Waals surface area contributed by atoms with Crippen LogP contribution in [-0.2, 0) is 4.74 Å². The standard InChI is InChI=1S/C15H26N4O3S/c1-15(2,3)22-14(20)19-8-7-16-10(9-19)11-12(21-6)17-13(23-11)18(4)5/h10,16H,7-9H2,1-6H3. The lowest BCUT2D eigenvalue weighted by Gasteiger charge is -2.34. The maximum absolute atomic E-state index is 12.3. The van der Waals surface area contributed by atoms with Crippen molar-refractivity contribution in [3.05, 3.63) is 4.88 Å². The number of hydrogen-bond acceptors (Lipinski definition) is 7. The first-order valence-corrected chi connectivity index (χ1v) is 8.46. The number of amides is 1. The second-order valence-electron chi connectivity index (χ2n) is 6.70. The number of nitrogens with one attached hydrogen (secondary N) is 1. The molecule has 2 heterocycles. The molecule has 1 fully saturated rings. The number of hydrogen-bond donors (Lipinski definition) is 1. The van der Waals surface area contributed by atoms with Gasteiger partial charge in [0.2, 0.25) is 5.88 Å². The first-order valence-electron chi connectivity index (χ1n) is 7.64. The van der Waals surface area contributed by atoms with Gasteiger partial charge in [0.1, 0.15) is 5.60 Å². The van der Waals surface area contributed by atoms with E-state index in [4.69, 9.17) is 9.47 Å². The third-order valence-electron chi connectivity index (χ3n) is 3.33. The Kier molecular flexibility index (Phi) is 5.36. The number of thiazole rings is 1. The highest BCUT2D eigenvalue weighted by atomic mass is 32.1. The maximum atomic E-state index is 12.3. The number of ether oxygens (including phenoxy) is 2. The maximum Gasteiger partial charge on any atom is 0.410 e. The Hall–Kier alpha value is -1.54. The Balaban J connectivity index is 2.13. The van der Waals surface area contributed by atoms with E-state index in [0.717, 1.165) is 10.0 Å². The van der Waals surface area contributed by atoms with E-state index < -0.39 is 5.60 Å². The normalized spacial score (nSPS) is 18.7. The predicted octanol–water partition coefficient (Wildman–Crippen LogP) is 2.10. The van der Waals surface area contributed by atoms with E-state index in [1.54, 1.807) is 23.3 Å². The average Bonchev–Trinajstić information content (AvgIpc) is 2.90. The molecule has 1 N–H and O–H groups in total. The summed E-state index contributed by atoms with van der Waals surface area (Å²) in [5.74, 6) is 0.613. The topological polar surface area (TPSA) is 66.9 Å². The van der Waals surface area contributed by atoms with Crippen molar-refractivity contribution in [2.24, 2.45) is 0 Å². The molecule has 1 atom stereocenters. The summed E-state index contributed by atoms with van der Waals surface area (Å²) >= 11 is 1.57. The summed E-state index contributed by atoms with van der Waals surface area (Å²) in [5, 5.41) is 4.31. The first-order chi connectivity index (χ1) is 10.7. The van der Waals surface area contributed by atoms with Crippen LogP contribution >= 0.6 is 11.3 Å². The third kappa shape index (κ3) is 4.48. The summed E-state index contributed by atoms with van der Waals surface area (Å²) in [6.45, 7) is 7.51. The summed E-state index contributed by atoms with van der Waals surface area (Å²) in [5.41, 5.74) is -0.488. The largest absolute Gasteiger partial charge is 0.480 e. The Morgan fingerprint density at radius 2 is 2.13 bits per heavy atom. The van der Waals surface area contributed by atoms with Crippen molar-refractivity contribution in [1.82, 2.24) is 15.2 Å². The van der Waals surface area contributed by atoms with Crippen molar-refractivity contribution in [3.63, 3.8) is 0 Å². The summed E-state index contributed by atoms with van der Waals surface area (Å²) in [7, 11) is 5.51. The fourth-order valence-corrected chi connectivity index (χ4v) is 3.31. The van der Waals surface area contributed by atoms with Gasteiger partial charge >= 0.3 is 6.09 Å². The van der Waals surface area contributed by atoms with Gasteiger partial charge in [-0.2, -0.15) is 4.98 Å². The smallest absolute Gasteiger partial charge is 0.410 e. The number of carbonyl (C=O) groups excluding carboxylic acids is 1. The number of rotatable bonds is 3. The monoisotopic (exact) mass is 342 g/mol. The molecule has 1 aliphatic rings. The molecule has 130 valence electrons. The molecule has 1 unspecified atom stereocenters. The van der Waals surface area contributed by atoms with Crippen LogP contribution in [0.15, 0.2) is 0 Å². The zero-order valence-electron chi connectivity index (χ0n) is 14.7. The molecule has 8 heteroatoms. The van der Waals surface area contributed by atoms with Crippen LogP contribution in [0.1, 0.15) is 31.7 Å². The summed E-state index contributed by atoms with van der Waals surface area (Å²) in [4.78, 5) is 21.5. The van der Waals surface area contributed by atoms with Crippen LogP contribution < -0.4 is 15.0 Å². The molecule has 2 rings (SSSR count). The molecule has 0 spiro atoms. The summed E-state index contributed by atoms with van der Waals surface area (Å²) in [6.07, 6.45) is -0.277. The molecule has 0 aromatic carbocycles. The lowest BCUT2D eigenvalue weighted by molar-refractivity contribution is 0.0195. The molecule has 0 saturated carbocycles. The highest BCUT2D eigenvalue weighted by Gasteiger charge is 2.31. The highest BCUT2D eigenvalue weighted by molar-refractivity contribution is 7.16. The molecule has 1 aliphatic heterocycles. The Bertz CT molecular complexity index is 553. The van der Waals surface area contributed by atoms with Crippen molar-refractivity contribution in [1.29, 1.82) is 0 Å². The van der Waals surface area contributed by atoms with Crippen molar-refractivity contribution < 1.29 is 14.3 Å². The van der Waals surface area contributed by atoms with E-state index in [9.17, 15) is 4.79 Å². The van der Waals surface area contributed by atoms with Crippen molar-refractivity contribution in [3.8, 4) is 5.88 Å². The lowest BCUT2D eigenvalue weighted by atomic mass is 10.2. The van der Waals surface area contributed by atoms with Gasteiger partial charge in [0.05, 0.1) is 18.0 Å². The van der Waals surface area contributed by atoms with Gasteiger partial charge in [-0.05, 0) is 20.8 Å². The van der Waals surface area contributed by atoms with Gasteiger partial charge in [-0.15, -0.1) is 0 Å². The van der Waals surface area contributed by atoms with E-state index in [1.807, 2.05) is 39.8 Å². The van der Waals surface area contributed by atoms with Crippen LogP contribution in [0.2, 0.25) is 0 Å². The molecule has 1 saturated heterocycles. The molecule has 0 bridgehead atoms. The van der Waals surface area contributed by atoms with Gasteiger partial charge in [0.15, 0.2) is 5.13 Å². The number of piperazine rings is 1. The summed E-state index contributed by atoms with van der Waals surface area (Å²) in [6, 6.07) is -0.00239. The molecule has 7 nitrogen and oxygen atoms in total. The predicted molar refractivity (Wildman–Crippen MR) is 91.5 cm³/mol. The van der Waals surface area contributed by atoms with E-state index in [0.29, 0.717) is 25.5 Å². The van der Waals surface area contributed by atoms with E-state index in [1.165, 1.54) is 0 Å².